The number of hydrogen-bond donors (Lipinski definition) is 1. The van der Waals surface area contributed by atoms with E-state index in [0.717, 1.165) is 23.2 Å². The first-order valence-electron chi connectivity index (χ1n) is 12.3. The lowest BCUT2D eigenvalue weighted by Crippen LogP contribution is -2.46. The topological polar surface area (TPSA) is 59.7 Å². The molecule has 188 valence electrons. The highest BCUT2D eigenvalue weighted by Gasteiger charge is 2.25. The van der Waals surface area contributed by atoms with Crippen LogP contribution in [0.4, 0.5) is 5.69 Å². The second-order valence-electron chi connectivity index (χ2n) is 9.49. The summed E-state index contributed by atoms with van der Waals surface area (Å²) >= 11 is 1.40. The van der Waals surface area contributed by atoms with E-state index in [2.05, 4.69) is 46.3 Å². The molecule has 2 aromatic heterocycles. The van der Waals surface area contributed by atoms with E-state index in [9.17, 15) is 9.59 Å². The summed E-state index contributed by atoms with van der Waals surface area (Å²) in [6.07, 6.45) is 2.76. The van der Waals surface area contributed by atoms with Crippen molar-refractivity contribution in [3.63, 3.8) is 0 Å². The lowest BCUT2D eigenvalue weighted by Gasteiger charge is -2.30. The normalized spacial score (nSPS) is 11.1. The SMILES string of the molecule is CC(C)N(CC(=O)N(CCc1c[nH]c2ccccc12)Cc1ccc(N(C)C)cc1)C(=O)c1cccs1. The van der Waals surface area contributed by atoms with Crippen LogP contribution in [0.1, 0.15) is 34.6 Å². The lowest BCUT2D eigenvalue weighted by molar-refractivity contribution is -0.132. The van der Waals surface area contributed by atoms with Gasteiger partial charge in [-0.05, 0) is 61.0 Å². The molecule has 0 atom stereocenters. The molecule has 1 N–H and O–H groups in total. The monoisotopic (exact) mass is 502 g/mol. The fourth-order valence-corrected chi connectivity index (χ4v) is 4.96. The molecule has 36 heavy (non-hydrogen) atoms. The van der Waals surface area contributed by atoms with Gasteiger partial charge >= 0.3 is 0 Å². The standard InChI is InChI=1S/C29H34N4O2S/c1-21(2)33(29(35)27-10-7-17-36-27)20-28(34)32(19-22-11-13-24(14-12-22)31(3)4)16-15-23-18-30-26-9-6-5-8-25(23)26/h5-14,17-18,21,30H,15-16,19-20H2,1-4H3. The van der Waals surface area contributed by atoms with E-state index in [1.54, 1.807) is 4.90 Å². The van der Waals surface area contributed by atoms with Gasteiger partial charge in [-0.25, -0.2) is 0 Å². The lowest BCUT2D eigenvalue weighted by atomic mass is 10.1. The van der Waals surface area contributed by atoms with E-state index in [0.29, 0.717) is 18.0 Å². The number of nitrogens with zero attached hydrogens (tertiary/aromatic N) is 3. The molecular weight excluding hydrogens is 468 g/mol. The highest BCUT2D eigenvalue weighted by Crippen LogP contribution is 2.20. The zero-order valence-electron chi connectivity index (χ0n) is 21.4. The molecule has 4 rings (SSSR count). The van der Waals surface area contributed by atoms with Gasteiger partial charge in [0.25, 0.3) is 5.91 Å². The van der Waals surface area contributed by atoms with Crippen LogP contribution in [0, 0.1) is 0 Å². The van der Waals surface area contributed by atoms with Gasteiger partial charge in [0, 0.05) is 56.0 Å². The number of amides is 2. The minimum absolute atomic E-state index is 0.0508. The number of benzene rings is 2. The van der Waals surface area contributed by atoms with E-state index < -0.39 is 0 Å². The van der Waals surface area contributed by atoms with Crippen LogP contribution in [-0.4, -0.2) is 59.8 Å². The number of para-hydroxylation sites is 1. The van der Waals surface area contributed by atoms with Gasteiger partial charge in [-0.1, -0.05) is 36.4 Å². The van der Waals surface area contributed by atoms with Gasteiger partial charge < -0.3 is 19.7 Å². The van der Waals surface area contributed by atoms with Crippen LogP contribution >= 0.6 is 11.3 Å². The summed E-state index contributed by atoms with van der Waals surface area (Å²) in [6, 6.07) is 20.1. The van der Waals surface area contributed by atoms with Crippen LogP contribution in [0.5, 0.6) is 0 Å². The maximum Gasteiger partial charge on any atom is 0.264 e. The van der Waals surface area contributed by atoms with Crippen LogP contribution in [0.25, 0.3) is 10.9 Å². The Balaban J connectivity index is 1.54. The smallest absolute Gasteiger partial charge is 0.264 e. The van der Waals surface area contributed by atoms with Crippen LogP contribution in [0.3, 0.4) is 0 Å². The first-order valence-corrected chi connectivity index (χ1v) is 13.1. The van der Waals surface area contributed by atoms with E-state index in [4.69, 9.17) is 0 Å². The molecular formula is C29H34N4O2S. The Bertz CT molecular complexity index is 1290. The molecule has 2 heterocycles. The van der Waals surface area contributed by atoms with Crippen molar-refractivity contribution >= 4 is 39.7 Å². The van der Waals surface area contributed by atoms with Crippen LogP contribution in [-0.2, 0) is 17.8 Å². The van der Waals surface area contributed by atoms with Crippen molar-refractivity contribution in [2.75, 3.05) is 32.1 Å². The van der Waals surface area contributed by atoms with E-state index in [1.165, 1.54) is 22.3 Å². The molecule has 0 aliphatic carbocycles. The van der Waals surface area contributed by atoms with Crippen molar-refractivity contribution in [1.29, 1.82) is 0 Å². The number of carbonyl (C=O) groups excluding carboxylic acids is 2. The first kappa shape index (κ1) is 25.5. The number of rotatable bonds is 10. The summed E-state index contributed by atoms with van der Waals surface area (Å²) in [4.78, 5) is 36.3. The molecule has 0 radical (unpaired) electrons. The number of carbonyl (C=O) groups is 2. The number of nitrogens with one attached hydrogen (secondary N) is 1. The number of thiophene rings is 1. The summed E-state index contributed by atoms with van der Waals surface area (Å²) in [6.45, 7) is 5.02. The predicted octanol–water partition coefficient (Wildman–Crippen LogP) is 5.42. The number of aromatic amines is 1. The third-order valence-electron chi connectivity index (χ3n) is 6.43. The molecule has 0 unspecified atom stereocenters. The highest BCUT2D eigenvalue weighted by atomic mass is 32.1. The Kier molecular flexibility index (Phi) is 8.10. The Morgan fingerprint density at radius 1 is 0.972 bits per heavy atom. The number of hydrogen-bond acceptors (Lipinski definition) is 4. The molecule has 0 aliphatic heterocycles. The Labute approximate surface area is 217 Å². The second-order valence-corrected chi connectivity index (χ2v) is 10.4. The Morgan fingerprint density at radius 3 is 2.39 bits per heavy atom. The third-order valence-corrected chi connectivity index (χ3v) is 7.28. The average molecular weight is 503 g/mol. The summed E-state index contributed by atoms with van der Waals surface area (Å²) in [7, 11) is 4.02. The molecule has 6 nitrogen and oxygen atoms in total. The van der Waals surface area contributed by atoms with Crippen LogP contribution < -0.4 is 4.90 Å². The summed E-state index contributed by atoms with van der Waals surface area (Å²) in [5.74, 6) is -0.148. The zero-order valence-corrected chi connectivity index (χ0v) is 22.2. The van der Waals surface area contributed by atoms with E-state index in [-0.39, 0.29) is 24.4 Å². The Morgan fingerprint density at radius 2 is 1.72 bits per heavy atom. The molecule has 0 saturated carbocycles. The first-order chi connectivity index (χ1) is 17.3. The van der Waals surface area contributed by atoms with Crippen LogP contribution in [0.2, 0.25) is 0 Å². The van der Waals surface area contributed by atoms with Gasteiger partial charge in [0.1, 0.15) is 6.54 Å². The van der Waals surface area contributed by atoms with Crippen molar-refractivity contribution < 1.29 is 9.59 Å². The molecule has 2 amide bonds. The number of fused-ring (bicyclic) bond motifs is 1. The molecule has 0 fully saturated rings. The maximum absolute atomic E-state index is 13.7. The summed E-state index contributed by atoms with van der Waals surface area (Å²) in [5.41, 5.74) is 4.45. The van der Waals surface area contributed by atoms with Crippen molar-refractivity contribution in [1.82, 2.24) is 14.8 Å². The fourth-order valence-electron chi connectivity index (χ4n) is 4.28. The predicted molar refractivity (Wildman–Crippen MR) is 149 cm³/mol. The van der Waals surface area contributed by atoms with Crippen molar-refractivity contribution in [3.8, 4) is 0 Å². The molecule has 0 aliphatic rings. The molecule has 0 spiro atoms. The second kappa shape index (κ2) is 11.4. The van der Waals surface area contributed by atoms with E-state index >= 15 is 0 Å². The van der Waals surface area contributed by atoms with Crippen molar-refractivity contribution in [3.05, 3.63) is 88.2 Å². The summed E-state index contributed by atoms with van der Waals surface area (Å²) in [5, 5.41) is 3.07. The third kappa shape index (κ3) is 5.97. The zero-order chi connectivity index (χ0) is 25.7. The molecule has 7 heteroatoms. The number of H-pyrrole nitrogens is 1. The van der Waals surface area contributed by atoms with Gasteiger partial charge in [0.2, 0.25) is 5.91 Å². The average Bonchev–Trinajstić information content (AvgIpc) is 3.55. The van der Waals surface area contributed by atoms with Gasteiger partial charge in [-0.3, -0.25) is 9.59 Å². The van der Waals surface area contributed by atoms with Gasteiger partial charge in [-0.15, -0.1) is 11.3 Å². The minimum Gasteiger partial charge on any atom is -0.378 e. The van der Waals surface area contributed by atoms with Gasteiger partial charge in [0.15, 0.2) is 0 Å². The Hall–Kier alpha value is -3.58. The van der Waals surface area contributed by atoms with Crippen molar-refractivity contribution in [2.24, 2.45) is 0 Å². The molecule has 2 aromatic carbocycles. The molecule has 0 saturated heterocycles. The van der Waals surface area contributed by atoms with Crippen molar-refractivity contribution in [2.45, 2.75) is 32.9 Å². The molecule has 4 aromatic rings. The number of anilines is 1. The van der Waals surface area contributed by atoms with Gasteiger partial charge in [0.05, 0.1) is 4.88 Å². The fraction of sp³-hybridized carbons (Fsp3) is 0.310. The molecule has 0 bridgehead atoms. The van der Waals surface area contributed by atoms with Gasteiger partial charge in [-0.2, -0.15) is 0 Å². The van der Waals surface area contributed by atoms with E-state index in [1.807, 2.05) is 68.7 Å². The largest absolute Gasteiger partial charge is 0.378 e. The van der Waals surface area contributed by atoms with Crippen LogP contribution in [0.15, 0.2) is 72.2 Å². The number of aromatic nitrogens is 1. The summed E-state index contributed by atoms with van der Waals surface area (Å²) < 4.78 is 0. The maximum atomic E-state index is 13.7. The highest BCUT2D eigenvalue weighted by molar-refractivity contribution is 7.12. The minimum atomic E-state index is -0.0970. The quantitative estimate of drug-likeness (QED) is 0.315.